The normalized spacial score (nSPS) is 9.70. The van der Waals surface area contributed by atoms with Gasteiger partial charge in [-0.15, -0.1) is 0 Å². The maximum atomic E-state index is 11.6. The molecule has 0 fully saturated rings. The molecule has 0 bridgehead atoms. The average Bonchev–Trinajstić information content (AvgIpc) is 2.45. The summed E-state index contributed by atoms with van der Waals surface area (Å²) in [6.07, 6.45) is 0. The second-order valence-electron chi connectivity index (χ2n) is 3.83. The topological polar surface area (TPSA) is 111 Å². The van der Waals surface area contributed by atoms with Gasteiger partial charge in [0.15, 0.2) is 0 Å². The van der Waals surface area contributed by atoms with E-state index < -0.39 is 17.8 Å². The molecule has 0 aliphatic heterocycles. The highest BCUT2D eigenvalue weighted by Gasteiger charge is 2.09. The highest BCUT2D eigenvalue weighted by Crippen LogP contribution is 2.11. The van der Waals surface area contributed by atoms with Gasteiger partial charge in [0.25, 0.3) is 0 Å². The molecule has 0 atom stereocenters. The van der Waals surface area contributed by atoms with Crippen LogP contribution in [0.2, 0.25) is 0 Å². The number of benzene rings is 1. The van der Waals surface area contributed by atoms with Crippen LogP contribution in [-0.4, -0.2) is 37.5 Å². The number of hydrogen-bond donors (Lipinski definition) is 3. The summed E-state index contributed by atoms with van der Waals surface area (Å²) in [5.74, 6) is -1.28. The van der Waals surface area contributed by atoms with E-state index in [1.165, 1.54) is 6.07 Å². The molecule has 1 rings (SSSR count). The molecule has 2 amide bonds. The van der Waals surface area contributed by atoms with Gasteiger partial charge in [0.05, 0.1) is 25.3 Å². The third-order valence-electron chi connectivity index (χ3n) is 2.29. The number of nitrogens with one attached hydrogen (secondary N) is 2. The van der Waals surface area contributed by atoms with Crippen LogP contribution in [0, 0.1) is 0 Å². The summed E-state index contributed by atoms with van der Waals surface area (Å²) >= 11 is 0. The zero-order valence-electron chi connectivity index (χ0n) is 11.1. The predicted molar refractivity (Wildman–Crippen MR) is 73.1 cm³/mol. The fraction of sp³-hybridized carbons (Fsp3) is 0.308. The van der Waals surface area contributed by atoms with E-state index in [1.807, 2.05) is 0 Å². The molecule has 0 unspecified atom stereocenters. The van der Waals surface area contributed by atoms with Crippen LogP contribution < -0.4 is 16.4 Å². The van der Waals surface area contributed by atoms with Crippen molar-refractivity contribution in [1.29, 1.82) is 0 Å². The van der Waals surface area contributed by atoms with Crippen LogP contribution in [0.15, 0.2) is 24.3 Å². The zero-order valence-corrected chi connectivity index (χ0v) is 11.1. The van der Waals surface area contributed by atoms with Crippen LogP contribution in [0.1, 0.15) is 17.3 Å². The maximum Gasteiger partial charge on any atom is 0.338 e. The van der Waals surface area contributed by atoms with Crippen LogP contribution in [-0.2, 0) is 14.3 Å². The van der Waals surface area contributed by atoms with Crippen molar-refractivity contribution in [2.24, 2.45) is 5.73 Å². The van der Waals surface area contributed by atoms with E-state index in [0.29, 0.717) is 11.3 Å². The summed E-state index contributed by atoms with van der Waals surface area (Å²) in [5, 5.41) is 4.90. The van der Waals surface area contributed by atoms with E-state index in [9.17, 15) is 14.4 Å². The van der Waals surface area contributed by atoms with Gasteiger partial charge in [-0.25, -0.2) is 4.79 Å². The van der Waals surface area contributed by atoms with Crippen molar-refractivity contribution in [3.63, 3.8) is 0 Å². The lowest BCUT2D eigenvalue weighted by Crippen LogP contribution is -2.36. The van der Waals surface area contributed by atoms with Crippen molar-refractivity contribution in [1.82, 2.24) is 5.32 Å². The highest BCUT2D eigenvalue weighted by molar-refractivity contribution is 5.96. The van der Waals surface area contributed by atoms with Crippen molar-refractivity contribution < 1.29 is 19.1 Å². The Kier molecular flexibility index (Phi) is 6.18. The molecule has 0 saturated carbocycles. The number of amides is 2. The molecule has 7 heteroatoms. The third-order valence-corrected chi connectivity index (χ3v) is 2.29. The second kappa shape index (κ2) is 7.90. The van der Waals surface area contributed by atoms with E-state index in [-0.39, 0.29) is 19.7 Å². The minimum absolute atomic E-state index is 0.175. The molecule has 0 heterocycles. The Bertz CT molecular complexity index is 502. The van der Waals surface area contributed by atoms with Crippen LogP contribution in [0.5, 0.6) is 0 Å². The fourth-order valence-electron chi connectivity index (χ4n) is 1.39. The monoisotopic (exact) mass is 279 g/mol. The Balaban J connectivity index is 2.59. The molecule has 1 aromatic rings. The molecule has 0 spiro atoms. The Morgan fingerprint density at radius 1 is 1.25 bits per heavy atom. The molecule has 7 nitrogen and oxygen atoms in total. The summed E-state index contributed by atoms with van der Waals surface area (Å²) in [4.78, 5) is 34.0. The molecule has 1 aromatic carbocycles. The largest absolute Gasteiger partial charge is 0.462 e. The van der Waals surface area contributed by atoms with Gasteiger partial charge >= 0.3 is 5.97 Å². The summed E-state index contributed by atoms with van der Waals surface area (Å²) in [7, 11) is 0. The fourth-order valence-corrected chi connectivity index (χ4v) is 1.39. The number of rotatable bonds is 6. The predicted octanol–water partition coefficient (Wildman–Crippen LogP) is -0.123. The summed E-state index contributed by atoms with van der Waals surface area (Å²) in [6.45, 7) is 1.63. The van der Waals surface area contributed by atoms with Crippen LogP contribution in [0.3, 0.4) is 0 Å². The first-order chi connectivity index (χ1) is 9.56. The number of carbonyl (C=O) groups excluding carboxylic acids is 3. The average molecular weight is 279 g/mol. The number of hydrogen-bond acceptors (Lipinski definition) is 5. The molecule has 0 aliphatic carbocycles. The van der Waals surface area contributed by atoms with E-state index in [2.05, 4.69) is 10.6 Å². The number of ether oxygens (including phenoxy) is 1. The van der Waals surface area contributed by atoms with Crippen LogP contribution in [0.4, 0.5) is 5.69 Å². The molecular formula is C13H17N3O4. The van der Waals surface area contributed by atoms with Crippen molar-refractivity contribution in [3.05, 3.63) is 29.8 Å². The lowest BCUT2D eigenvalue weighted by Gasteiger charge is -2.08. The number of esters is 1. The van der Waals surface area contributed by atoms with Gasteiger partial charge in [-0.2, -0.15) is 0 Å². The number of nitrogens with two attached hydrogens (primary N) is 1. The smallest absolute Gasteiger partial charge is 0.338 e. The molecule has 20 heavy (non-hydrogen) atoms. The first-order valence-electron chi connectivity index (χ1n) is 6.10. The lowest BCUT2D eigenvalue weighted by atomic mass is 10.2. The van der Waals surface area contributed by atoms with Gasteiger partial charge in [0, 0.05) is 5.69 Å². The minimum Gasteiger partial charge on any atom is -0.462 e. The first kappa shape index (κ1) is 15.6. The van der Waals surface area contributed by atoms with E-state index in [4.69, 9.17) is 10.5 Å². The third kappa shape index (κ3) is 5.07. The summed E-state index contributed by atoms with van der Waals surface area (Å²) < 4.78 is 4.86. The Morgan fingerprint density at radius 2 is 2.00 bits per heavy atom. The standard InChI is InChI=1S/C13H17N3O4/c1-2-20-13(19)9-4-3-5-10(6-9)16-12(18)8-15-11(17)7-14/h3-6H,2,7-8,14H2,1H3,(H,15,17)(H,16,18). The molecule has 0 saturated heterocycles. The van der Waals surface area contributed by atoms with E-state index >= 15 is 0 Å². The van der Waals surface area contributed by atoms with E-state index in [0.717, 1.165) is 0 Å². The van der Waals surface area contributed by atoms with Gasteiger partial charge in [0.2, 0.25) is 11.8 Å². The summed E-state index contributed by atoms with van der Waals surface area (Å²) in [6, 6.07) is 6.34. The van der Waals surface area contributed by atoms with Gasteiger partial charge in [0.1, 0.15) is 0 Å². The zero-order chi connectivity index (χ0) is 15.0. The molecular weight excluding hydrogens is 262 g/mol. The maximum absolute atomic E-state index is 11.6. The van der Waals surface area contributed by atoms with Crippen molar-refractivity contribution >= 4 is 23.5 Å². The number of carbonyl (C=O) groups is 3. The van der Waals surface area contributed by atoms with Gasteiger partial charge in [-0.1, -0.05) is 6.07 Å². The van der Waals surface area contributed by atoms with E-state index in [1.54, 1.807) is 25.1 Å². The Labute approximate surface area is 116 Å². The SMILES string of the molecule is CCOC(=O)c1cccc(NC(=O)CNC(=O)CN)c1. The van der Waals surface area contributed by atoms with Crippen molar-refractivity contribution in [2.75, 3.05) is 25.0 Å². The van der Waals surface area contributed by atoms with Gasteiger partial charge in [-0.05, 0) is 25.1 Å². The van der Waals surface area contributed by atoms with Crippen LogP contribution >= 0.6 is 0 Å². The van der Waals surface area contributed by atoms with Crippen LogP contribution in [0.25, 0.3) is 0 Å². The molecule has 0 aliphatic rings. The quantitative estimate of drug-likeness (QED) is 0.629. The minimum atomic E-state index is -0.458. The number of anilines is 1. The molecule has 4 N–H and O–H groups in total. The van der Waals surface area contributed by atoms with Crippen molar-refractivity contribution in [3.8, 4) is 0 Å². The molecule has 0 radical (unpaired) electrons. The van der Waals surface area contributed by atoms with Crippen molar-refractivity contribution in [2.45, 2.75) is 6.92 Å². The Hall–Kier alpha value is -2.41. The van der Waals surface area contributed by atoms with Gasteiger partial charge < -0.3 is 21.1 Å². The lowest BCUT2D eigenvalue weighted by molar-refractivity contribution is -0.123. The van der Waals surface area contributed by atoms with Gasteiger partial charge in [-0.3, -0.25) is 9.59 Å². The summed E-state index contributed by atoms with van der Waals surface area (Å²) in [5.41, 5.74) is 5.89. The molecule has 0 aromatic heterocycles. The highest BCUT2D eigenvalue weighted by atomic mass is 16.5. The first-order valence-corrected chi connectivity index (χ1v) is 6.10. The second-order valence-corrected chi connectivity index (χ2v) is 3.83. The Morgan fingerprint density at radius 3 is 2.65 bits per heavy atom. The molecule has 108 valence electrons.